The van der Waals surface area contributed by atoms with Gasteiger partial charge in [0.2, 0.25) is 5.88 Å². The van der Waals surface area contributed by atoms with Crippen LogP contribution in [-0.2, 0) is 6.42 Å². The Morgan fingerprint density at radius 1 is 1.73 bits per heavy atom. The highest BCUT2D eigenvalue weighted by Gasteiger charge is 2.01. The predicted octanol–water partition coefficient (Wildman–Crippen LogP) is 1.61. The number of hydrogen-bond donors (Lipinski definition) is 0. The summed E-state index contributed by atoms with van der Waals surface area (Å²) in [6, 6.07) is 1.54. The molecule has 1 rings (SSSR count). The van der Waals surface area contributed by atoms with Crippen molar-refractivity contribution in [2.75, 3.05) is 7.11 Å². The third-order valence-electron chi connectivity index (χ3n) is 1.39. The summed E-state index contributed by atoms with van der Waals surface area (Å²) in [6.07, 6.45) is 1.55. The molecule has 11 heavy (non-hydrogen) atoms. The molecule has 0 atom stereocenters. The number of pyridine rings is 1. The Kier molecular flexibility index (Phi) is 2.41. The van der Waals surface area contributed by atoms with Gasteiger partial charge in [0.1, 0.15) is 5.82 Å². The number of nitrogens with zero attached hydrogens (tertiary/aromatic N) is 1. The minimum Gasteiger partial charge on any atom is -0.481 e. The molecule has 1 aromatic heterocycles. The standard InChI is InChI=1S/C8H9FNO/c1-3-6-4-8(11-2)10-5-7(6)9/h4-5H,1,3H2,2H3. The third-order valence-corrected chi connectivity index (χ3v) is 1.39. The number of hydrogen-bond acceptors (Lipinski definition) is 2. The lowest BCUT2D eigenvalue weighted by Gasteiger charge is -2.01. The van der Waals surface area contributed by atoms with Crippen molar-refractivity contribution in [2.45, 2.75) is 6.42 Å². The Balaban J connectivity index is 3.02. The van der Waals surface area contributed by atoms with Crippen molar-refractivity contribution in [3.63, 3.8) is 0 Å². The molecular weight excluding hydrogens is 145 g/mol. The first-order valence-electron chi connectivity index (χ1n) is 3.25. The van der Waals surface area contributed by atoms with E-state index in [1.165, 1.54) is 7.11 Å². The zero-order valence-electron chi connectivity index (χ0n) is 6.30. The molecule has 0 unspecified atom stereocenters. The van der Waals surface area contributed by atoms with Gasteiger partial charge in [0, 0.05) is 6.07 Å². The van der Waals surface area contributed by atoms with E-state index >= 15 is 0 Å². The van der Waals surface area contributed by atoms with Crippen molar-refractivity contribution < 1.29 is 9.13 Å². The molecule has 0 amide bonds. The van der Waals surface area contributed by atoms with E-state index in [9.17, 15) is 4.39 Å². The van der Waals surface area contributed by atoms with E-state index in [1.54, 1.807) is 6.07 Å². The lowest BCUT2D eigenvalue weighted by molar-refractivity contribution is 0.395. The topological polar surface area (TPSA) is 22.1 Å². The van der Waals surface area contributed by atoms with Crippen molar-refractivity contribution in [3.8, 4) is 5.88 Å². The molecule has 0 aliphatic heterocycles. The molecule has 0 aromatic carbocycles. The molecule has 59 valence electrons. The fraction of sp³-hybridized carbons (Fsp3) is 0.250. The maximum Gasteiger partial charge on any atom is 0.213 e. The van der Waals surface area contributed by atoms with Crippen LogP contribution in [0.15, 0.2) is 12.3 Å². The lowest BCUT2D eigenvalue weighted by Crippen LogP contribution is -1.93. The number of ether oxygens (including phenoxy) is 1. The summed E-state index contributed by atoms with van der Waals surface area (Å²) in [5.74, 6) is 0.0888. The molecule has 1 radical (unpaired) electrons. The number of halogens is 1. The van der Waals surface area contributed by atoms with Crippen LogP contribution in [0.25, 0.3) is 0 Å². The van der Waals surface area contributed by atoms with Gasteiger partial charge in [-0.1, -0.05) is 0 Å². The van der Waals surface area contributed by atoms with Gasteiger partial charge in [-0.05, 0) is 18.9 Å². The van der Waals surface area contributed by atoms with Crippen molar-refractivity contribution in [1.82, 2.24) is 4.98 Å². The van der Waals surface area contributed by atoms with Gasteiger partial charge in [-0.2, -0.15) is 0 Å². The quantitative estimate of drug-likeness (QED) is 0.645. The molecule has 0 aliphatic rings. The van der Waals surface area contributed by atoms with Crippen LogP contribution in [0.3, 0.4) is 0 Å². The Labute approximate surface area is 65.0 Å². The fourth-order valence-electron chi connectivity index (χ4n) is 0.762. The molecule has 2 nitrogen and oxygen atoms in total. The summed E-state index contributed by atoms with van der Waals surface area (Å²) >= 11 is 0. The van der Waals surface area contributed by atoms with Crippen LogP contribution in [0, 0.1) is 12.7 Å². The zero-order valence-corrected chi connectivity index (χ0v) is 6.30. The van der Waals surface area contributed by atoms with Crippen molar-refractivity contribution in [1.29, 1.82) is 0 Å². The Morgan fingerprint density at radius 2 is 2.45 bits per heavy atom. The van der Waals surface area contributed by atoms with Gasteiger partial charge in [-0.15, -0.1) is 0 Å². The number of methoxy groups -OCH3 is 1. The largest absolute Gasteiger partial charge is 0.481 e. The van der Waals surface area contributed by atoms with Crippen LogP contribution >= 0.6 is 0 Å². The zero-order chi connectivity index (χ0) is 8.27. The molecule has 0 spiro atoms. The Morgan fingerprint density at radius 3 is 3.00 bits per heavy atom. The summed E-state index contributed by atoms with van der Waals surface area (Å²) in [5, 5.41) is 0. The van der Waals surface area contributed by atoms with Gasteiger partial charge in [0.05, 0.1) is 13.3 Å². The average molecular weight is 154 g/mol. The first kappa shape index (κ1) is 7.98. The third kappa shape index (κ3) is 1.67. The molecule has 1 heterocycles. The van der Waals surface area contributed by atoms with E-state index in [-0.39, 0.29) is 5.82 Å². The highest BCUT2D eigenvalue weighted by atomic mass is 19.1. The molecule has 1 aromatic rings. The van der Waals surface area contributed by atoms with Crippen LogP contribution in [0.2, 0.25) is 0 Å². The summed E-state index contributed by atoms with van der Waals surface area (Å²) in [7, 11) is 1.49. The van der Waals surface area contributed by atoms with Gasteiger partial charge in [0.15, 0.2) is 0 Å². The minimum absolute atomic E-state index is 0.333. The maximum absolute atomic E-state index is 12.7. The molecule has 0 bridgehead atoms. The molecule has 0 saturated carbocycles. The lowest BCUT2D eigenvalue weighted by atomic mass is 10.2. The van der Waals surface area contributed by atoms with E-state index < -0.39 is 0 Å². The van der Waals surface area contributed by atoms with Crippen molar-refractivity contribution in [2.24, 2.45) is 0 Å². The summed E-state index contributed by atoms with van der Waals surface area (Å²) in [6.45, 7) is 3.57. The average Bonchev–Trinajstić information content (AvgIpc) is 2.05. The Bertz CT molecular complexity index is 250. The highest BCUT2D eigenvalue weighted by Crippen LogP contribution is 2.12. The number of aromatic nitrogens is 1. The normalized spacial score (nSPS) is 9.73. The SMILES string of the molecule is [CH2]Cc1cc(OC)ncc1F. The van der Waals surface area contributed by atoms with Crippen molar-refractivity contribution in [3.05, 3.63) is 30.6 Å². The van der Waals surface area contributed by atoms with Crippen LogP contribution in [0.4, 0.5) is 4.39 Å². The molecule has 3 heteroatoms. The molecule has 0 saturated heterocycles. The van der Waals surface area contributed by atoms with Crippen molar-refractivity contribution >= 4 is 0 Å². The second-order valence-corrected chi connectivity index (χ2v) is 2.07. The van der Waals surface area contributed by atoms with E-state index in [0.29, 0.717) is 17.9 Å². The number of rotatable bonds is 2. The van der Waals surface area contributed by atoms with Crippen LogP contribution in [-0.4, -0.2) is 12.1 Å². The summed E-state index contributed by atoms with van der Waals surface area (Å²) < 4.78 is 17.6. The van der Waals surface area contributed by atoms with Gasteiger partial charge >= 0.3 is 0 Å². The Hall–Kier alpha value is -1.12. The highest BCUT2D eigenvalue weighted by molar-refractivity contribution is 5.22. The van der Waals surface area contributed by atoms with Gasteiger partial charge < -0.3 is 4.74 Å². The monoisotopic (exact) mass is 154 g/mol. The molecule has 0 N–H and O–H groups in total. The second-order valence-electron chi connectivity index (χ2n) is 2.07. The minimum atomic E-state index is -0.333. The van der Waals surface area contributed by atoms with Crippen LogP contribution in [0.1, 0.15) is 5.56 Å². The smallest absolute Gasteiger partial charge is 0.213 e. The van der Waals surface area contributed by atoms with Crippen LogP contribution < -0.4 is 4.74 Å². The van der Waals surface area contributed by atoms with Gasteiger partial charge in [-0.25, -0.2) is 9.37 Å². The summed E-state index contributed by atoms with van der Waals surface area (Å²) in [5.41, 5.74) is 0.525. The van der Waals surface area contributed by atoms with E-state index in [4.69, 9.17) is 4.74 Å². The van der Waals surface area contributed by atoms with Gasteiger partial charge in [0.25, 0.3) is 0 Å². The predicted molar refractivity (Wildman–Crippen MR) is 39.8 cm³/mol. The van der Waals surface area contributed by atoms with Gasteiger partial charge in [-0.3, -0.25) is 0 Å². The van der Waals surface area contributed by atoms with E-state index in [1.807, 2.05) is 0 Å². The van der Waals surface area contributed by atoms with Crippen LogP contribution in [0.5, 0.6) is 5.88 Å². The first-order chi connectivity index (χ1) is 5.27. The van der Waals surface area contributed by atoms with E-state index in [2.05, 4.69) is 11.9 Å². The molecule has 0 fully saturated rings. The molecular formula is C8H9FNO. The maximum atomic E-state index is 12.7. The fourth-order valence-corrected chi connectivity index (χ4v) is 0.762. The first-order valence-corrected chi connectivity index (χ1v) is 3.25. The van der Waals surface area contributed by atoms with E-state index in [0.717, 1.165) is 6.20 Å². The second kappa shape index (κ2) is 3.32. The molecule has 0 aliphatic carbocycles. The summed E-state index contributed by atoms with van der Waals surface area (Å²) in [4.78, 5) is 3.68.